The fourth-order valence-corrected chi connectivity index (χ4v) is 1.88. The third kappa shape index (κ3) is 4.21. The number of carbonyl (C=O) groups excluding carboxylic acids is 4. The zero-order valence-corrected chi connectivity index (χ0v) is 12.4. The molecule has 1 aliphatic rings. The van der Waals surface area contributed by atoms with Crippen molar-refractivity contribution in [2.24, 2.45) is 0 Å². The minimum Gasteiger partial charge on any atom is -0.295 e. The molecule has 6 nitrogen and oxygen atoms in total. The summed E-state index contributed by atoms with van der Waals surface area (Å²) in [6.45, 7) is 6.35. The van der Waals surface area contributed by atoms with Crippen molar-refractivity contribution in [3.8, 4) is 0 Å². The second-order valence-corrected chi connectivity index (χ2v) is 4.87. The monoisotopic (exact) mass is 308 g/mol. The zero-order chi connectivity index (χ0) is 16.9. The van der Waals surface area contributed by atoms with Crippen LogP contribution in [0.15, 0.2) is 35.7 Å². The highest BCUT2D eigenvalue weighted by Crippen LogP contribution is 2.17. The van der Waals surface area contributed by atoms with Gasteiger partial charge >= 0.3 is 0 Å². The Kier molecular flexibility index (Phi) is 5.91. The topological polar surface area (TPSA) is 83.6 Å². The smallest absolute Gasteiger partial charge is 0.260 e. The Balaban J connectivity index is 2.93. The van der Waals surface area contributed by atoms with Crippen molar-refractivity contribution < 1.29 is 23.6 Å². The van der Waals surface area contributed by atoms with Gasteiger partial charge in [0, 0.05) is 12.0 Å². The van der Waals surface area contributed by atoms with E-state index in [-0.39, 0.29) is 24.8 Å². The third-order valence-electron chi connectivity index (χ3n) is 3.19. The van der Waals surface area contributed by atoms with Crippen LogP contribution < -0.4 is 5.32 Å². The van der Waals surface area contributed by atoms with E-state index in [0.717, 1.165) is 6.08 Å². The van der Waals surface area contributed by atoms with E-state index in [2.05, 4.69) is 11.9 Å². The maximum Gasteiger partial charge on any atom is 0.260 e. The maximum absolute atomic E-state index is 12.7. The van der Waals surface area contributed by atoms with Crippen LogP contribution in [0.25, 0.3) is 0 Å². The van der Waals surface area contributed by atoms with Gasteiger partial charge in [0.25, 0.3) is 5.91 Å². The van der Waals surface area contributed by atoms with Crippen molar-refractivity contribution in [3.05, 3.63) is 35.7 Å². The van der Waals surface area contributed by atoms with Crippen molar-refractivity contribution in [1.29, 1.82) is 0 Å². The van der Waals surface area contributed by atoms with Crippen LogP contribution >= 0.6 is 0 Å². The predicted octanol–water partition coefficient (Wildman–Crippen LogP) is 1.15. The number of allylic oxidation sites excluding steroid dienone is 3. The Bertz CT molecular complexity index is 588. The van der Waals surface area contributed by atoms with Crippen LogP contribution in [0.2, 0.25) is 0 Å². The van der Waals surface area contributed by atoms with E-state index in [0.29, 0.717) is 10.5 Å². The number of rotatable bonds is 5. The van der Waals surface area contributed by atoms with Gasteiger partial charge in [-0.3, -0.25) is 29.4 Å². The molecular weight excluding hydrogens is 291 g/mol. The number of imide groups is 2. The van der Waals surface area contributed by atoms with Gasteiger partial charge in [-0.25, -0.2) is 4.39 Å². The van der Waals surface area contributed by atoms with Crippen LogP contribution in [-0.4, -0.2) is 35.1 Å². The summed E-state index contributed by atoms with van der Waals surface area (Å²) in [6.07, 6.45) is 2.85. The molecule has 1 atom stereocenters. The van der Waals surface area contributed by atoms with Gasteiger partial charge in [-0.1, -0.05) is 12.7 Å². The Hall–Kier alpha value is -2.57. The second kappa shape index (κ2) is 7.44. The molecule has 1 aliphatic heterocycles. The van der Waals surface area contributed by atoms with Gasteiger partial charge in [0.2, 0.25) is 18.2 Å². The van der Waals surface area contributed by atoms with E-state index in [1.54, 1.807) is 0 Å². The van der Waals surface area contributed by atoms with Gasteiger partial charge in [0.1, 0.15) is 6.04 Å². The van der Waals surface area contributed by atoms with Crippen LogP contribution in [0.4, 0.5) is 4.39 Å². The first-order chi connectivity index (χ1) is 10.3. The first-order valence-electron chi connectivity index (χ1n) is 6.59. The van der Waals surface area contributed by atoms with Crippen LogP contribution in [0.1, 0.15) is 26.7 Å². The first kappa shape index (κ1) is 17.5. The molecule has 0 spiro atoms. The number of nitrogens with one attached hydrogen (secondary N) is 1. The largest absolute Gasteiger partial charge is 0.295 e. The van der Waals surface area contributed by atoms with Crippen LogP contribution in [0.5, 0.6) is 0 Å². The Morgan fingerprint density at radius 1 is 1.36 bits per heavy atom. The molecule has 1 rings (SSSR count). The number of carbonyl (C=O) groups is 4. The number of halogens is 1. The summed E-state index contributed by atoms with van der Waals surface area (Å²) >= 11 is 0. The molecule has 0 aliphatic carbocycles. The molecule has 1 heterocycles. The average molecular weight is 308 g/mol. The maximum atomic E-state index is 12.7. The van der Waals surface area contributed by atoms with Crippen molar-refractivity contribution in [2.45, 2.75) is 32.7 Å². The van der Waals surface area contributed by atoms with Gasteiger partial charge in [-0.2, -0.15) is 0 Å². The highest BCUT2D eigenvalue weighted by Gasteiger charge is 2.35. The molecule has 0 aromatic carbocycles. The summed E-state index contributed by atoms with van der Waals surface area (Å²) in [5, 5.41) is 2.07. The van der Waals surface area contributed by atoms with E-state index < -0.39 is 29.6 Å². The molecule has 1 saturated heterocycles. The Labute approximate surface area is 127 Å². The van der Waals surface area contributed by atoms with Gasteiger partial charge in [0.15, 0.2) is 0 Å². The average Bonchev–Trinajstić information content (AvgIpc) is 2.46. The van der Waals surface area contributed by atoms with Gasteiger partial charge < -0.3 is 0 Å². The van der Waals surface area contributed by atoms with Gasteiger partial charge in [-0.05, 0) is 31.9 Å². The van der Waals surface area contributed by atoms with E-state index >= 15 is 0 Å². The van der Waals surface area contributed by atoms with Gasteiger partial charge in [-0.15, -0.1) is 0 Å². The fourth-order valence-electron chi connectivity index (χ4n) is 1.88. The van der Waals surface area contributed by atoms with Crippen LogP contribution in [-0.2, 0) is 19.2 Å². The lowest BCUT2D eigenvalue weighted by Gasteiger charge is -2.28. The molecule has 7 heteroatoms. The van der Waals surface area contributed by atoms with E-state index in [4.69, 9.17) is 0 Å². The number of nitrogens with zero attached hydrogens (tertiary/aromatic N) is 1. The summed E-state index contributed by atoms with van der Waals surface area (Å²) in [4.78, 5) is 47.0. The second-order valence-electron chi connectivity index (χ2n) is 4.87. The molecule has 1 unspecified atom stereocenters. The van der Waals surface area contributed by atoms with Crippen LogP contribution in [0, 0.1) is 0 Å². The Morgan fingerprint density at radius 2 is 2.00 bits per heavy atom. The van der Waals surface area contributed by atoms with Crippen molar-refractivity contribution in [3.63, 3.8) is 0 Å². The van der Waals surface area contributed by atoms with Crippen LogP contribution in [0.3, 0.4) is 0 Å². The summed E-state index contributed by atoms with van der Waals surface area (Å²) in [6, 6.07) is -1.05. The number of amides is 4. The van der Waals surface area contributed by atoms with Gasteiger partial charge in [0.05, 0.1) is 5.83 Å². The standard InChI is InChI=1S/C15H17FN2O4/c1-9(4-5-10(2)16)11(3)15(22)18(8-19)12-6-7-13(20)17-14(12)21/h4-5,8,12H,3,6-7H2,1-2H3,(H,17,20,21)/b9-4-,10-5+. The molecule has 22 heavy (non-hydrogen) atoms. The summed E-state index contributed by atoms with van der Waals surface area (Å²) in [7, 11) is 0. The Morgan fingerprint density at radius 3 is 2.50 bits per heavy atom. The number of piperidine rings is 1. The molecule has 4 amide bonds. The van der Waals surface area contributed by atoms with Crippen molar-refractivity contribution in [2.75, 3.05) is 0 Å². The van der Waals surface area contributed by atoms with Crippen molar-refractivity contribution >= 4 is 24.1 Å². The molecule has 0 aromatic heterocycles. The SMILES string of the molecule is C=C(C(=O)N(C=O)C1CCC(=O)NC1=O)/C(C)=C\C=C(/C)F. The molecular formula is C15H17FN2O4. The lowest BCUT2D eigenvalue weighted by Crippen LogP contribution is -2.54. The highest BCUT2D eigenvalue weighted by molar-refractivity contribution is 6.08. The number of hydrogen-bond donors (Lipinski definition) is 1. The quantitative estimate of drug-likeness (QED) is 0.357. The number of hydrogen-bond acceptors (Lipinski definition) is 4. The molecule has 0 bridgehead atoms. The summed E-state index contributed by atoms with van der Waals surface area (Å²) in [5.41, 5.74) is 0.329. The molecule has 1 N–H and O–H groups in total. The highest BCUT2D eigenvalue weighted by atomic mass is 19.1. The lowest BCUT2D eigenvalue weighted by molar-refractivity contribution is -0.148. The zero-order valence-electron chi connectivity index (χ0n) is 12.4. The fraction of sp³-hybridized carbons (Fsp3) is 0.333. The summed E-state index contributed by atoms with van der Waals surface area (Å²) in [5.74, 6) is -2.36. The molecule has 1 fully saturated rings. The van der Waals surface area contributed by atoms with E-state index in [9.17, 15) is 23.6 Å². The summed E-state index contributed by atoms with van der Waals surface area (Å²) < 4.78 is 12.7. The molecule has 0 saturated carbocycles. The minimum absolute atomic E-state index is 0.0331. The van der Waals surface area contributed by atoms with E-state index in [1.165, 1.54) is 19.9 Å². The lowest BCUT2D eigenvalue weighted by atomic mass is 10.0. The molecule has 0 aromatic rings. The third-order valence-corrected chi connectivity index (χ3v) is 3.19. The first-order valence-corrected chi connectivity index (χ1v) is 6.59. The predicted molar refractivity (Wildman–Crippen MR) is 76.8 cm³/mol. The normalized spacial score (nSPS) is 19.5. The molecule has 118 valence electrons. The molecule has 0 radical (unpaired) electrons. The van der Waals surface area contributed by atoms with E-state index in [1.807, 2.05) is 0 Å². The minimum atomic E-state index is -1.05. The van der Waals surface area contributed by atoms with Crippen molar-refractivity contribution in [1.82, 2.24) is 10.2 Å².